The number of hydrogen-bond donors (Lipinski definition) is 1. The molecule has 0 spiro atoms. The minimum atomic E-state index is -4.58. The van der Waals surface area contributed by atoms with E-state index in [1.807, 2.05) is 24.3 Å². The molecule has 0 aliphatic carbocycles. The van der Waals surface area contributed by atoms with Gasteiger partial charge in [0.1, 0.15) is 0 Å². The fraction of sp³-hybridized carbons (Fsp3) is 0.200. The lowest BCUT2D eigenvalue weighted by Crippen LogP contribution is -2.38. The maximum atomic E-state index is 11.8. The highest BCUT2D eigenvalue weighted by molar-refractivity contribution is 7.80. The van der Waals surface area contributed by atoms with Gasteiger partial charge in [0.15, 0.2) is 0 Å². The van der Waals surface area contributed by atoms with Crippen molar-refractivity contribution in [2.45, 2.75) is 13.3 Å². The summed E-state index contributed by atoms with van der Waals surface area (Å²) in [5, 5.41) is 4.93. The molecule has 7 heteroatoms. The predicted molar refractivity (Wildman–Crippen MR) is 158 cm³/mol. The van der Waals surface area contributed by atoms with Gasteiger partial charge < -0.3 is 0 Å². The number of rotatable bonds is 12. The first kappa shape index (κ1) is 27.6. The molecule has 0 unspecified atom stereocenters. The van der Waals surface area contributed by atoms with Crippen LogP contribution in [0.3, 0.4) is 0 Å². The minimum absolute atomic E-state index is 0.0701. The van der Waals surface area contributed by atoms with Gasteiger partial charge in [-0.3, -0.25) is 4.55 Å². The highest BCUT2D eigenvalue weighted by atomic mass is 32.3. The van der Waals surface area contributed by atoms with Gasteiger partial charge in [-0.1, -0.05) is 128 Å². The fourth-order valence-corrected chi connectivity index (χ4v) is 10.7. The Kier molecular flexibility index (Phi) is 9.65. The van der Waals surface area contributed by atoms with Gasteiger partial charge in [-0.15, -0.1) is 0 Å². The number of hydrogen-bond acceptors (Lipinski definition) is 3. The third-order valence-electron chi connectivity index (χ3n) is 6.52. The molecule has 4 aromatic carbocycles. The monoisotopic (exact) mass is 550 g/mol. The standard InChI is InChI=1S/C30H32O4P2S/c1-2-30(23-34-37(31,32)33,24-35(26-15-7-3-8-16-26)27-17-9-4-10-18-27)25-36(28-19-11-5-12-20-28)29-21-13-6-14-22-29/h3-22H,2,23-25H2,1H3,(H,31,32,33). The molecule has 0 aliphatic heterocycles. The van der Waals surface area contributed by atoms with Crippen LogP contribution in [0.5, 0.6) is 0 Å². The Morgan fingerprint density at radius 2 is 0.919 bits per heavy atom. The molecule has 0 heterocycles. The Morgan fingerprint density at radius 3 is 1.16 bits per heavy atom. The number of benzene rings is 4. The summed E-state index contributed by atoms with van der Waals surface area (Å²) in [6, 6.07) is 41.7. The van der Waals surface area contributed by atoms with E-state index in [0.29, 0.717) is 6.42 Å². The van der Waals surface area contributed by atoms with Gasteiger partial charge in [0.2, 0.25) is 0 Å². The first-order chi connectivity index (χ1) is 17.9. The largest absolute Gasteiger partial charge is 0.397 e. The van der Waals surface area contributed by atoms with Crippen LogP contribution in [-0.4, -0.2) is 31.9 Å². The van der Waals surface area contributed by atoms with Gasteiger partial charge in [-0.05, 0) is 55.8 Å². The quantitative estimate of drug-likeness (QED) is 0.188. The van der Waals surface area contributed by atoms with E-state index in [0.717, 1.165) is 12.3 Å². The molecule has 37 heavy (non-hydrogen) atoms. The van der Waals surface area contributed by atoms with Crippen LogP contribution in [0, 0.1) is 5.41 Å². The second-order valence-corrected chi connectivity index (χ2v) is 14.6. The molecular weight excluding hydrogens is 518 g/mol. The molecule has 1 N–H and O–H groups in total. The lowest BCUT2D eigenvalue weighted by Gasteiger charge is -2.39. The Hall–Kier alpha value is -2.39. The van der Waals surface area contributed by atoms with Crippen molar-refractivity contribution in [3.63, 3.8) is 0 Å². The molecule has 0 saturated heterocycles. The van der Waals surface area contributed by atoms with Gasteiger partial charge in [0.05, 0.1) is 6.61 Å². The van der Waals surface area contributed by atoms with E-state index in [2.05, 4.69) is 104 Å². The third-order valence-corrected chi connectivity index (χ3v) is 12.6. The molecule has 4 aromatic rings. The molecule has 0 fully saturated rings. The molecule has 0 aromatic heterocycles. The van der Waals surface area contributed by atoms with Gasteiger partial charge in [-0.25, -0.2) is 4.18 Å². The van der Waals surface area contributed by atoms with Crippen LogP contribution < -0.4 is 21.2 Å². The highest BCUT2D eigenvalue weighted by Gasteiger charge is 2.37. The molecule has 4 rings (SSSR count). The molecule has 192 valence electrons. The Labute approximate surface area is 223 Å². The van der Waals surface area contributed by atoms with E-state index in [1.54, 1.807) is 0 Å². The summed E-state index contributed by atoms with van der Waals surface area (Å²) in [7, 11) is -6.20. The summed E-state index contributed by atoms with van der Waals surface area (Å²) >= 11 is 0. The van der Waals surface area contributed by atoms with E-state index >= 15 is 0 Å². The van der Waals surface area contributed by atoms with Crippen LogP contribution in [0.2, 0.25) is 0 Å². The molecule has 4 nitrogen and oxygen atoms in total. The van der Waals surface area contributed by atoms with E-state index in [9.17, 15) is 13.0 Å². The van der Waals surface area contributed by atoms with Gasteiger partial charge in [0, 0.05) is 5.41 Å². The van der Waals surface area contributed by atoms with E-state index in [4.69, 9.17) is 4.18 Å². The average Bonchev–Trinajstić information content (AvgIpc) is 2.94. The zero-order valence-corrected chi connectivity index (χ0v) is 23.5. The van der Waals surface area contributed by atoms with Crippen molar-refractivity contribution in [2.75, 3.05) is 18.9 Å². The molecular formula is C30H32O4P2S. The highest BCUT2D eigenvalue weighted by Crippen LogP contribution is 2.49. The normalized spacial score (nSPS) is 12.2. The van der Waals surface area contributed by atoms with Crippen molar-refractivity contribution < 1.29 is 17.2 Å². The molecule has 0 aliphatic rings. The Balaban J connectivity index is 1.80. The zero-order chi connectivity index (χ0) is 26.1. The lowest BCUT2D eigenvalue weighted by molar-refractivity contribution is 0.169. The van der Waals surface area contributed by atoms with E-state index < -0.39 is 31.7 Å². The summed E-state index contributed by atoms with van der Waals surface area (Å²) in [6.07, 6.45) is 2.18. The molecule has 0 amide bonds. The van der Waals surface area contributed by atoms with Crippen LogP contribution in [0.1, 0.15) is 13.3 Å². The summed E-state index contributed by atoms with van der Waals surface area (Å²) in [5.41, 5.74) is -0.495. The van der Waals surface area contributed by atoms with Crippen molar-refractivity contribution in [3.8, 4) is 0 Å². The van der Waals surface area contributed by atoms with Crippen molar-refractivity contribution >= 4 is 47.5 Å². The van der Waals surface area contributed by atoms with Crippen molar-refractivity contribution in [1.82, 2.24) is 0 Å². The third kappa shape index (κ3) is 7.80. The van der Waals surface area contributed by atoms with Gasteiger partial charge in [0.25, 0.3) is 0 Å². The van der Waals surface area contributed by atoms with Crippen molar-refractivity contribution in [3.05, 3.63) is 121 Å². The second-order valence-electron chi connectivity index (χ2n) is 9.06. The van der Waals surface area contributed by atoms with Crippen LogP contribution in [0.15, 0.2) is 121 Å². The predicted octanol–water partition coefficient (Wildman–Crippen LogP) is 5.47. The lowest BCUT2D eigenvalue weighted by atomic mass is 9.91. The van der Waals surface area contributed by atoms with Crippen LogP contribution in [0.4, 0.5) is 0 Å². The molecule has 0 saturated carbocycles. The van der Waals surface area contributed by atoms with E-state index in [1.165, 1.54) is 21.2 Å². The first-order valence-corrected chi connectivity index (χ1v) is 16.7. The van der Waals surface area contributed by atoms with E-state index in [-0.39, 0.29) is 6.61 Å². The van der Waals surface area contributed by atoms with Crippen molar-refractivity contribution in [1.29, 1.82) is 0 Å². The van der Waals surface area contributed by atoms with Crippen LogP contribution >= 0.6 is 15.8 Å². The summed E-state index contributed by atoms with van der Waals surface area (Å²) < 4.78 is 38.3. The second kappa shape index (κ2) is 12.9. The molecule has 0 bridgehead atoms. The van der Waals surface area contributed by atoms with Gasteiger partial charge in [-0.2, -0.15) is 8.42 Å². The zero-order valence-electron chi connectivity index (χ0n) is 20.9. The maximum absolute atomic E-state index is 11.8. The summed E-state index contributed by atoms with van der Waals surface area (Å²) in [4.78, 5) is 0. The van der Waals surface area contributed by atoms with Gasteiger partial charge >= 0.3 is 10.4 Å². The Morgan fingerprint density at radius 1 is 0.622 bits per heavy atom. The van der Waals surface area contributed by atoms with Crippen molar-refractivity contribution in [2.24, 2.45) is 5.41 Å². The average molecular weight is 551 g/mol. The fourth-order valence-electron chi connectivity index (χ4n) is 4.43. The Bertz CT molecular complexity index is 1170. The summed E-state index contributed by atoms with van der Waals surface area (Å²) in [6.45, 7) is 2.03. The van der Waals surface area contributed by atoms with Crippen LogP contribution in [-0.2, 0) is 14.6 Å². The summed E-state index contributed by atoms with van der Waals surface area (Å²) in [5.74, 6) is 0. The maximum Gasteiger partial charge on any atom is 0.397 e. The topological polar surface area (TPSA) is 63.6 Å². The SMILES string of the molecule is CCC(COS(=O)(=O)O)(CP(c1ccccc1)c1ccccc1)CP(c1ccccc1)c1ccccc1. The van der Waals surface area contributed by atoms with Crippen LogP contribution in [0.25, 0.3) is 0 Å². The smallest absolute Gasteiger partial charge is 0.264 e. The first-order valence-electron chi connectivity index (χ1n) is 12.3. The molecule has 0 atom stereocenters. The minimum Gasteiger partial charge on any atom is -0.264 e. The molecule has 0 radical (unpaired) electrons.